The van der Waals surface area contributed by atoms with Crippen LogP contribution in [0.3, 0.4) is 0 Å². The van der Waals surface area contributed by atoms with Gasteiger partial charge in [0.15, 0.2) is 5.17 Å². The van der Waals surface area contributed by atoms with Crippen LogP contribution in [0, 0.1) is 11.7 Å². The van der Waals surface area contributed by atoms with Gasteiger partial charge < -0.3 is 21.5 Å². The van der Waals surface area contributed by atoms with Crippen molar-refractivity contribution in [1.29, 1.82) is 0 Å². The number of nitrogens with zero attached hydrogens (tertiary/aromatic N) is 1. The van der Waals surface area contributed by atoms with Gasteiger partial charge in [-0.1, -0.05) is 24.8 Å². The van der Waals surface area contributed by atoms with Crippen LogP contribution in [0.4, 0.5) is 14.5 Å². The molecule has 1 aromatic rings. The zero-order valence-electron chi connectivity index (χ0n) is 16.2. The van der Waals surface area contributed by atoms with E-state index in [9.17, 15) is 13.6 Å². The molecule has 0 bridgehead atoms. The Kier molecular flexibility index (Phi) is 7.06. The second-order valence-corrected chi connectivity index (χ2v) is 8.37. The SMILES string of the molecule is COCCNC(=O)/C=C/[C@@]1(C)SC(N)=N[C@](CF)(c2cc(N)ccc2F)[C@@H]1C. The first-order valence-electron chi connectivity index (χ1n) is 8.80. The summed E-state index contributed by atoms with van der Waals surface area (Å²) >= 11 is 1.21. The topological polar surface area (TPSA) is 103 Å². The fourth-order valence-corrected chi connectivity index (χ4v) is 4.41. The highest BCUT2D eigenvalue weighted by Crippen LogP contribution is 2.51. The number of hydrogen-bond donors (Lipinski definition) is 3. The fraction of sp³-hybridized carbons (Fsp3) is 0.474. The predicted molar refractivity (Wildman–Crippen MR) is 109 cm³/mol. The molecule has 0 radical (unpaired) electrons. The molecule has 0 fully saturated rings. The third-order valence-corrected chi connectivity index (χ3v) is 6.27. The zero-order chi connectivity index (χ0) is 20.9. The molecule has 28 heavy (non-hydrogen) atoms. The van der Waals surface area contributed by atoms with E-state index in [2.05, 4.69) is 10.3 Å². The smallest absolute Gasteiger partial charge is 0.243 e. The predicted octanol–water partition coefficient (Wildman–Crippen LogP) is 2.35. The fourth-order valence-electron chi connectivity index (χ4n) is 3.24. The molecule has 1 aromatic carbocycles. The number of benzene rings is 1. The van der Waals surface area contributed by atoms with Crippen LogP contribution in [0.15, 0.2) is 35.3 Å². The molecule has 0 saturated carbocycles. The van der Waals surface area contributed by atoms with Crippen molar-refractivity contribution in [3.63, 3.8) is 0 Å². The van der Waals surface area contributed by atoms with E-state index in [0.29, 0.717) is 18.8 Å². The van der Waals surface area contributed by atoms with Crippen LogP contribution in [0.2, 0.25) is 0 Å². The van der Waals surface area contributed by atoms with Gasteiger partial charge in [-0.3, -0.25) is 4.79 Å². The number of rotatable bonds is 7. The Balaban J connectivity index is 2.41. The molecule has 2 rings (SSSR count). The van der Waals surface area contributed by atoms with Crippen LogP contribution < -0.4 is 16.8 Å². The van der Waals surface area contributed by atoms with Crippen LogP contribution in [0.25, 0.3) is 0 Å². The molecule has 1 aliphatic heterocycles. The second-order valence-electron chi connectivity index (χ2n) is 6.87. The maximum atomic E-state index is 14.6. The van der Waals surface area contributed by atoms with E-state index >= 15 is 0 Å². The van der Waals surface area contributed by atoms with Gasteiger partial charge in [0.25, 0.3) is 0 Å². The number of anilines is 1. The van der Waals surface area contributed by atoms with Crippen LogP contribution in [0.1, 0.15) is 19.4 Å². The molecule has 1 aliphatic rings. The number of aliphatic imine (C=N–C) groups is 1. The molecule has 1 heterocycles. The Morgan fingerprint density at radius 1 is 1.46 bits per heavy atom. The molecule has 0 unspecified atom stereocenters. The Labute approximate surface area is 167 Å². The number of carbonyl (C=O) groups excluding carboxylic acids is 1. The first-order valence-corrected chi connectivity index (χ1v) is 9.62. The maximum absolute atomic E-state index is 14.6. The molecule has 3 atom stereocenters. The Morgan fingerprint density at radius 2 is 2.18 bits per heavy atom. The van der Waals surface area contributed by atoms with Crippen molar-refractivity contribution >= 4 is 28.5 Å². The monoisotopic (exact) mass is 412 g/mol. The summed E-state index contributed by atoms with van der Waals surface area (Å²) in [5.74, 6) is -1.44. The van der Waals surface area contributed by atoms with Gasteiger partial charge in [-0.15, -0.1) is 0 Å². The van der Waals surface area contributed by atoms with Crippen molar-refractivity contribution in [2.24, 2.45) is 16.6 Å². The summed E-state index contributed by atoms with van der Waals surface area (Å²) in [5, 5.41) is 2.79. The molecular weight excluding hydrogens is 386 g/mol. The van der Waals surface area contributed by atoms with Gasteiger partial charge in [0.05, 0.1) is 6.61 Å². The maximum Gasteiger partial charge on any atom is 0.243 e. The van der Waals surface area contributed by atoms with E-state index in [4.69, 9.17) is 16.2 Å². The van der Waals surface area contributed by atoms with E-state index in [-0.39, 0.29) is 16.6 Å². The first kappa shape index (κ1) is 22.2. The highest BCUT2D eigenvalue weighted by atomic mass is 32.2. The summed E-state index contributed by atoms with van der Waals surface area (Å²) < 4.78 is 33.1. The number of carbonyl (C=O) groups is 1. The number of amides is 1. The molecule has 0 aromatic heterocycles. The lowest BCUT2D eigenvalue weighted by Gasteiger charge is -2.46. The number of ether oxygens (including phenoxy) is 1. The van der Waals surface area contributed by atoms with Gasteiger partial charge in [-0.05, 0) is 25.1 Å². The number of alkyl halides is 1. The van der Waals surface area contributed by atoms with Crippen LogP contribution >= 0.6 is 11.8 Å². The summed E-state index contributed by atoms with van der Waals surface area (Å²) in [7, 11) is 1.54. The van der Waals surface area contributed by atoms with Gasteiger partial charge in [0, 0.05) is 41.6 Å². The number of halogens is 2. The van der Waals surface area contributed by atoms with Crippen LogP contribution in [0.5, 0.6) is 0 Å². The van der Waals surface area contributed by atoms with Crippen LogP contribution in [-0.4, -0.2) is 42.8 Å². The van der Waals surface area contributed by atoms with Gasteiger partial charge in [-0.25, -0.2) is 13.8 Å². The minimum atomic E-state index is -1.54. The van der Waals surface area contributed by atoms with Crippen molar-refractivity contribution in [3.8, 4) is 0 Å². The minimum Gasteiger partial charge on any atom is -0.399 e. The van der Waals surface area contributed by atoms with Crippen LogP contribution in [-0.2, 0) is 15.1 Å². The van der Waals surface area contributed by atoms with Gasteiger partial charge in [0.2, 0.25) is 5.91 Å². The number of nitrogens with two attached hydrogens (primary N) is 2. The number of nitrogens with one attached hydrogen (secondary N) is 1. The third kappa shape index (κ3) is 4.47. The van der Waals surface area contributed by atoms with E-state index in [1.165, 1.54) is 43.1 Å². The van der Waals surface area contributed by atoms with Gasteiger partial charge >= 0.3 is 0 Å². The van der Waals surface area contributed by atoms with E-state index in [0.717, 1.165) is 0 Å². The molecule has 0 saturated heterocycles. The Bertz CT molecular complexity index is 789. The number of nitrogen functional groups attached to an aromatic ring is 1. The van der Waals surface area contributed by atoms with Crippen molar-refractivity contribution in [2.75, 3.05) is 32.7 Å². The number of hydrogen-bond acceptors (Lipinski definition) is 6. The Hall–Kier alpha value is -2.13. The normalized spacial score (nSPS) is 27.6. The highest BCUT2D eigenvalue weighted by molar-refractivity contribution is 8.15. The van der Waals surface area contributed by atoms with Crippen molar-refractivity contribution in [1.82, 2.24) is 5.32 Å². The molecule has 5 N–H and O–H groups in total. The lowest BCUT2D eigenvalue weighted by Crippen LogP contribution is -2.50. The minimum absolute atomic E-state index is 0.0509. The summed E-state index contributed by atoms with van der Waals surface area (Å²) in [5.41, 5.74) is 10.6. The zero-order valence-corrected chi connectivity index (χ0v) is 17.0. The summed E-state index contributed by atoms with van der Waals surface area (Å²) in [6.07, 6.45) is 3.02. The summed E-state index contributed by atoms with van der Waals surface area (Å²) in [4.78, 5) is 16.3. The number of methoxy groups -OCH3 is 1. The molecule has 9 heteroatoms. The molecule has 1 amide bonds. The highest BCUT2D eigenvalue weighted by Gasteiger charge is 2.52. The van der Waals surface area contributed by atoms with Crippen molar-refractivity contribution in [2.45, 2.75) is 24.1 Å². The Morgan fingerprint density at radius 3 is 2.82 bits per heavy atom. The van der Waals surface area contributed by atoms with Gasteiger partial charge in [-0.2, -0.15) is 0 Å². The standard InChI is InChI=1S/C19H26F2N4O2S/c1-12-18(2,7-6-16(26)24-8-9-27-3)28-17(23)25-19(12,11-20)14-10-13(22)4-5-15(14)21/h4-7,10,12H,8-9,11,22H2,1-3H3,(H2,23,25)(H,24,26)/b7-6+/t12-,18-,19+/m1/s1. The molecular formula is C19H26F2N4O2S. The molecule has 0 spiro atoms. The third-order valence-electron chi connectivity index (χ3n) is 5.04. The first-order chi connectivity index (χ1) is 13.2. The summed E-state index contributed by atoms with van der Waals surface area (Å²) in [6, 6.07) is 3.99. The lowest BCUT2D eigenvalue weighted by atomic mass is 9.73. The molecule has 0 aliphatic carbocycles. The van der Waals surface area contributed by atoms with E-state index < -0.39 is 28.7 Å². The largest absolute Gasteiger partial charge is 0.399 e. The number of amidine groups is 1. The molecule has 6 nitrogen and oxygen atoms in total. The number of thioether (sulfide) groups is 1. The quantitative estimate of drug-likeness (QED) is 0.362. The van der Waals surface area contributed by atoms with E-state index in [1.54, 1.807) is 13.0 Å². The molecule has 154 valence electrons. The average Bonchev–Trinajstić information content (AvgIpc) is 2.65. The lowest BCUT2D eigenvalue weighted by molar-refractivity contribution is -0.116. The summed E-state index contributed by atoms with van der Waals surface area (Å²) in [6.45, 7) is 3.38. The van der Waals surface area contributed by atoms with Gasteiger partial charge in [0.1, 0.15) is 18.0 Å². The van der Waals surface area contributed by atoms with Crippen molar-refractivity contribution < 1.29 is 18.3 Å². The van der Waals surface area contributed by atoms with Crippen molar-refractivity contribution in [3.05, 3.63) is 41.7 Å². The van der Waals surface area contributed by atoms with E-state index in [1.807, 2.05) is 6.92 Å². The second kappa shape index (κ2) is 8.91. The average molecular weight is 413 g/mol.